The van der Waals surface area contributed by atoms with Crippen molar-refractivity contribution in [2.75, 3.05) is 12.0 Å². The van der Waals surface area contributed by atoms with Gasteiger partial charge in [-0.1, -0.05) is 30.3 Å². The third-order valence-electron chi connectivity index (χ3n) is 5.24. The highest BCUT2D eigenvalue weighted by atomic mass is 32.2. The number of hydrogen-bond donors (Lipinski definition) is 7. The van der Waals surface area contributed by atoms with Crippen molar-refractivity contribution in [3.8, 4) is 0 Å². The lowest BCUT2D eigenvalue weighted by Gasteiger charge is -2.26. The average Bonchev–Trinajstić information content (AvgIpc) is 2.82. The average molecular weight is 526 g/mol. The number of nitrogens with two attached hydrogens (primary N) is 2. The molecule has 5 unspecified atom stereocenters. The minimum absolute atomic E-state index is 0.148. The van der Waals surface area contributed by atoms with Crippen molar-refractivity contribution in [1.29, 1.82) is 0 Å². The van der Waals surface area contributed by atoms with Crippen LogP contribution in [0.15, 0.2) is 30.3 Å². The maximum absolute atomic E-state index is 12.9. The lowest BCUT2D eigenvalue weighted by Crippen LogP contribution is -2.60. The second-order valence-electron chi connectivity index (χ2n) is 8.27. The molecule has 0 aliphatic heterocycles. The minimum Gasteiger partial charge on any atom is -0.480 e. The van der Waals surface area contributed by atoms with E-state index in [9.17, 15) is 34.2 Å². The number of aliphatic hydroxyl groups is 1. The summed E-state index contributed by atoms with van der Waals surface area (Å²) in [5, 5.41) is 26.7. The molecule has 0 bridgehead atoms. The van der Waals surface area contributed by atoms with Gasteiger partial charge in [0, 0.05) is 6.42 Å². The van der Waals surface area contributed by atoms with Crippen molar-refractivity contribution in [3.05, 3.63) is 35.9 Å². The molecular formula is C23H35N5O7S. The fourth-order valence-electron chi connectivity index (χ4n) is 3.21. The lowest BCUT2D eigenvalue weighted by molar-refractivity contribution is -0.142. The van der Waals surface area contributed by atoms with Crippen LogP contribution in [0, 0.1) is 0 Å². The second kappa shape index (κ2) is 15.8. The SMILES string of the molecule is CSCCC(NC(=O)C(NC(=O)C(N)Cc1ccccc1)C(C)O)C(=O)NC(CCC(N)=O)C(=O)O. The Balaban J connectivity index is 2.89. The van der Waals surface area contributed by atoms with Crippen LogP contribution in [0.4, 0.5) is 0 Å². The van der Waals surface area contributed by atoms with Crippen molar-refractivity contribution < 1.29 is 34.2 Å². The Labute approximate surface area is 213 Å². The first-order valence-corrected chi connectivity index (χ1v) is 12.7. The molecule has 1 rings (SSSR count). The van der Waals surface area contributed by atoms with E-state index in [1.807, 2.05) is 6.07 Å². The van der Waals surface area contributed by atoms with E-state index in [4.69, 9.17) is 11.5 Å². The molecule has 200 valence electrons. The molecule has 5 atom stereocenters. The predicted molar refractivity (Wildman–Crippen MR) is 135 cm³/mol. The number of nitrogens with one attached hydrogen (secondary N) is 3. The zero-order valence-corrected chi connectivity index (χ0v) is 21.1. The number of amides is 4. The van der Waals surface area contributed by atoms with Gasteiger partial charge in [-0.15, -0.1) is 0 Å². The van der Waals surface area contributed by atoms with Gasteiger partial charge in [0.1, 0.15) is 18.1 Å². The molecule has 1 aromatic rings. The maximum atomic E-state index is 12.9. The van der Waals surface area contributed by atoms with Crippen molar-refractivity contribution in [2.24, 2.45) is 11.5 Å². The fourth-order valence-corrected chi connectivity index (χ4v) is 3.68. The molecule has 13 heteroatoms. The van der Waals surface area contributed by atoms with E-state index in [0.717, 1.165) is 5.56 Å². The van der Waals surface area contributed by atoms with E-state index in [0.29, 0.717) is 5.75 Å². The molecule has 0 aromatic heterocycles. The van der Waals surface area contributed by atoms with Gasteiger partial charge in [-0.25, -0.2) is 4.79 Å². The number of carboxylic acid groups (broad SMARTS) is 1. The summed E-state index contributed by atoms with van der Waals surface area (Å²) < 4.78 is 0. The number of benzene rings is 1. The van der Waals surface area contributed by atoms with E-state index >= 15 is 0 Å². The first-order valence-electron chi connectivity index (χ1n) is 11.3. The number of rotatable bonds is 16. The van der Waals surface area contributed by atoms with Gasteiger partial charge in [-0.3, -0.25) is 19.2 Å². The van der Waals surface area contributed by atoms with Gasteiger partial charge in [-0.05, 0) is 43.8 Å². The zero-order chi connectivity index (χ0) is 27.3. The highest BCUT2D eigenvalue weighted by Crippen LogP contribution is 2.07. The van der Waals surface area contributed by atoms with Crippen LogP contribution in [-0.4, -0.2) is 82.1 Å². The third-order valence-corrected chi connectivity index (χ3v) is 5.88. The largest absolute Gasteiger partial charge is 0.480 e. The Morgan fingerprint density at radius 1 is 0.944 bits per heavy atom. The second-order valence-corrected chi connectivity index (χ2v) is 9.26. The molecule has 4 amide bonds. The van der Waals surface area contributed by atoms with Gasteiger partial charge in [-0.2, -0.15) is 11.8 Å². The number of carbonyl (C=O) groups excluding carboxylic acids is 4. The highest BCUT2D eigenvalue weighted by molar-refractivity contribution is 7.98. The summed E-state index contributed by atoms with van der Waals surface area (Å²) >= 11 is 1.40. The van der Waals surface area contributed by atoms with Gasteiger partial charge in [0.25, 0.3) is 0 Å². The predicted octanol–water partition coefficient (Wildman–Crippen LogP) is -1.51. The van der Waals surface area contributed by atoms with Gasteiger partial charge < -0.3 is 37.6 Å². The van der Waals surface area contributed by atoms with Crippen molar-refractivity contribution in [1.82, 2.24) is 16.0 Å². The molecule has 0 aliphatic rings. The molecule has 0 radical (unpaired) electrons. The lowest BCUT2D eigenvalue weighted by atomic mass is 10.0. The summed E-state index contributed by atoms with van der Waals surface area (Å²) in [6.07, 6.45) is 0.362. The third kappa shape index (κ3) is 11.1. The van der Waals surface area contributed by atoms with Gasteiger partial charge in [0.2, 0.25) is 23.6 Å². The van der Waals surface area contributed by atoms with Crippen LogP contribution in [0.1, 0.15) is 31.7 Å². The summed E-state index contributed by atoms with van der Waals surface area (Å²) in [6, 6.07) is 4.08. The van der Waals surface area contributed by atoms with Crippen molar-refractivity contribution in [2.45, 2.75) is 62.9 Å². The van der Waals surface area contributed by atoms with Crippen molar-refractivity contribution >= 4 is 41.4 Å². The number of aliphatic carboxylic acids is 1. The molecule has 0 fully saturated rings. The van der Waals surface area contributed by atoms with E-state index in [2.05, 4.69) is 16.0 Å². The highest BCUT2D eigenvalue weighted by Gasteiger charge is 2.32. The first-order chi connectivity index (χ1) is 17.0. The molecule has 12 nitrogen and oxygen atoms in total. The minimum atomic E-state index is -1.41. The summed E-state index contributed by atoms with van der Waals surface area (Å²) in [7, 11) is 0. The molecule has 0 saturated heterocycles. The van der Waals surface area contributed by atoms with E-state index in [-0.39, 0.29) is 25.7 Å². The summed E-state index contributed by atoms with van der Waals surface area (Å²) in [6.45, 7) is 1.30. The zero-order valence-electron chi connectivity index (χ0n) is 20.3. The molecule has 1 aromatic carbocycles. The van der Waals surface area contributed by atoms with Crippen LogP contribution >= 0.6 is 11.8 Å². The molecule has 0 aliphatic carbocycles. The molecule has 0 heterocycles. The monoisotopic (exact) mass is 525 g/mol. The first kappa shape index (κ1) is 30.9. The topological polar surface area (TPSA) is 214 Å². The van der Waals surface area contributed by atoms with Gasteiger partial charge >= 0.3 is 5.97 Å². The summed E-state index contributed by atoms with van der Waals surface area (Å²) in [4.78, 5) is 60.8. The van der Waals surface area contributed by atoms with Crippen LogP contribution in [0.5, 0.6) is 0 Å². The standard InChI is InChI=1S/C23H35N5O7S/c1-13(29)19(28-20(31)15(24)12-14-6-4-3-5-7-14)22(33)26-16(10-11-36-2)21(32)27-17(23(34)35)8-9-18(25)30/h3-7,13,15-17,19,29H,8-12,24H2,1-2H3,(H2,25,30)(H,26,33)(H,27,32)(H,28,31)(H,34,35). The number of hydrogen-bond acceptors (Lipinski definition) is 8. The Kier molecular flexibility index (Phi) is 13.5. The fraction of sp³-hybridized carbons (Fsp3) is 0.522. The van der Waals surface area contributed by atoms with Crippen molar-refractivity contribution in [3.63, 3.8) is 0 Å². The smallest absolute Gasteiger partial charge is 0.326 e. The Bertz CT molecular complexity index is 900. The summed E-state index contributed by atoms with van der Waals surface area (Å²) in [5.41, 5.74) is 11.8. The summed E-state index contributed by atoms with van der Waals surface area (Å²) in [5.74, 6) is -3.92. The number of thioether (sulfide) groups is 1. The van der Waals surface area contributed by atoms with E-state index in [1.54, 1.807) is 30.5 Å². The quantitative estimate of drug-likeness (QED) is 0.133. The Hall–Kier alpha value is -3.16. The van der Waals surface area contributed by atoms with Crippen LogP contribution in [0.2, 0.25) is 0 Å². The van der Waals surface area contributed by atoms with Gasteiger partial charge in [0.15, 0.2) is 0 Å². The molecule has 0 saturated carbocycles. The molecule has 0 spiro atoms. The van der Waals surface area contributed by atoms with Crippen LogP contribution in [0.3, 0.4) is 0 Å². The Morgan fingerprint density at radius 3 is 2.08 bits per heavy atom. The number of aliphatic hydroxyl groups excluding tert-OH is 1. The Morgan fingerprint density at radius 2 is 1.56 bits per heavy atom. The van der Waals surface area contributed by atoms with E-state index in [1.165, 1.54) is 18.7 Å². The van der Waals surface area contributed by atoms with Crippen LogP contribution < -0.4 is 27.4 Å². The van der Waals surface area contributed by atoms with Crippen LogP contribution in [-0.2, 0) is 30.4 Å². The van der Waals surface area contributed by atoms with Crippen LogP contribution in [0.25, 0.3) is 0 Å². The number of primary amides is 1. The van der Waals surface area contributed by atoms with Gasteiger partial charge in [0.05, 0.1) is 12.1 Å². The normalized spacial score (nSPS) is 15.0. The maximum Gasteiger partial charge on any atom is 0.326 e. The molecule has 9 N–H and O–H groups in total. The molecular weight excluding hydrogens is 490 g/mol. The molecule has 36 heavy (non-hydrogen) atoms. The van der Waals surface area contributed by atoms with E-state index < -0.39 is 59.9 Å². The number of carbonyl (C=O) groups is 5. The number of carboxylic acids is 1.